The lowest BCUT2D eigenvalue weighted by Crippen LogP contribution is -2.20. The molecular formula is C20H24N6O. The van der Waals surface area contributed by atoms with Crippen molar-refractivity contribution >= 4 is 17.6 Å². The van der Waals surface area contributed by atoms with E-state index >= 15 is 0 Å². The number of nitrogens with zero attached hydrogens (tertiary/aromatic N) is 4. The summed E-state index contributed by atoms with van der Waals surface area (Å²) in [5.74, 6) is 1.89. The molecule has 0 aliphatic rings. The van der Waals surface area contributed by atoms with Gasteiger partial charge in [-0.1, -0.05) is 42.0 Å². The Hall–Kier alpha value is -3.19. The first-order valence-electron chi connectivity index (χ1n) is 8.68. The molecule has 0 aliphatic carbocycles. The molecule has 0 saturated heterocycles. The number of para-hydroxylation sites is 2. The highest BCUT2D eigenvalue weighted by Crippen LogP contribution is 2.25. The number of aryl methyl sites for hydroxylation is 1. The number of nitrogen functional groups attached to an aromatic ring is 1. The third-order valence-corrected chi connectivity index (χ3v) is 4.04. The molecule has 2 aromatic carbocycles. The molecule has 3 N–H and O–H groups in total. The van der Waals surface area contributed by atoms with Crippen molar-refractivity contribution in [3.8, 4) is 5.75 Å². The Morgan fingerprint density at radius 3 is 2.48 bits per heavy atom. The summed E-state index contributed by atoms with van der Waals surface area (Å²) in [6.07, 6.45) is 0. The maximum absolute atomic E-state index is 5.88. The molecule has 0 unspecified atom stereocenters. The zero-order valence-corrected chi connectivity index (χ0v) is 15.8. The summed E-state index contributed by atoms with van der Waals surface area (Å²) in [7, 11) is 3.64. The number of hydrogen-bond donors (Lipinski definition) is 2. The third-order valence-electron chi connectivity index (χ3n) is 4.04. The summed E-state index contributed by atoms with van der Waals surface area (Å²) in [4.78, 5) is 15.1. The number of rotatable bonds is 7. The molecule has 1 heterocycles. The van der Waals surface area contributed by atoms with Crippen LogP contribution in [0.1, 0.15) is 17.0 Å². The van der Waals surface area contributed by atoms with Crippen molar-refractivity contribution in [3.05, 3.63) is 65.5 Å². The summed E-state index contributed by atoms with van der Waals surface area (Å²) < 4.78 is 5.34. The molecule has 0 aliphatic heterocycles. The lowest BCUT2D eigenvalue weighted by molar-refractivity contribution is 0.310. The van der Waals surface area contributed by atoms with E-state index in [4.69, 9.17) is 10.5 Å². The second kappa shape index (κ2) is 8.46. The monoisotopic (exact) mass is 364 g/mol. The van der Waals surface area contributed by atoms with Gasteiger partial charge < -0.3 is 15.8 Å². The second-order valence-corrected chi connectivity index (χ2v) is 6.42. The van der Waals surface area contributed by atoms with Crippen molar-refractivity contribution in [3.63, 3.8) is 0 Å². The molecule has 0 spiro atoms. The minimum atomic E-state index is 0.182. The van der Waals surface area contributed by atoms with E-state index in [1.54, 1.807) is 7.11 Å². The Labute approximate surface area is 159 Å². The highest BCUT2D eigenvalue weighted by molar-refractivity contribution is 5.62. The van der Waals surface area contributed by atoms with E-state index in [1.807, 2.05) is 31.3 Å². The summed E-state index contributed by atoms with van der Waals surface area (Å²) in [6, 6.07) is 16.0. The van der Waals surface area contributed by atoms with Crippen LogP contribution in [0, 0.1) is 6.92 Å². The molecule has 0 atom stereocenters. The van der Waals surface area contributed by atoms with Gasteiger partial charge in [-0.15, -0.1) is 0 Å². The van der Waals surface area contributed by atoms with Crippen molar-refractivity contribution in [1.29, 1.82) is 0 Å². The molecular weight excluding hydrogens is 340 g/mol. The smallest absolute Gasteiger partial charge is 0.232 e. The van der Waals surface area contributed by atoms with E-state index in [-0.39, 0.29) is 5.95 Å². The van der Waals surface area contributed by atoms with E-state index in [0.717, 1.165) is 12.2 Å². The van der Waals surface area contributed by atoms with E-state index in [9.17, 15) is 0 Å². The van der Waals surface area contributed by atoms with Crippen LogP contribution in [0.3, 0.4) is 0 Å². The Bertz CT molecular complexity index is 897. The van der Waals surface area contributed by atoms with Gasteiger partial charge >= 0.3 is 0 Å². The van der Waals surface area contributed by atoms with Gasteiger partial charge in [0.25, 0.3) is 0 Å². The van der Waals surface area contributed by atoms with Crippen LogP contribution in [-0.2, 0) is 13.1 Å². The van der Waals surface area contributed by atoms with E-state index in [2.05, 4.69) is 56.4 Å². The molecule has 3 aromatic rings. The molecule has 7 heteroatoms. The number of aromatic nitrogens is 3. The highest BCUT2D eigenvalue weighted by Gasteiger charge is 2.10. The number of nitrogens with one attached hydrogen (secondary N) is 1. The van der Waals surface area contributed by atoms with Crippen LogP contribution in [0.5, 0.6) is 5.75 Å². The zero-order valence-electron chi connectivity index (χ0n) is 15.8. The van der Waals surface area contributed by atoms with Gasteiger partial charge in [0.1, 0.15) is 11.6 Å². The van der Waals surface area contributed by atoms with Crippen LogP contribution in [0.15, 0.2) is 48.5 Å². The van der Waals surface area contributed by atoms with Crippen molar-refractivity contribution in [2.45, 2.75) is 20.0 Å². The predicted octanol–water partition coefficient (Wildman–Crippen LogP) is 3.15. The van der Waals surface area contributed by atoms with Crippen LogP contribution >= 0.6 is 0 Å². The van der Waals surface area contributed by atoms with Crippen LogP contribution < -0.4 is 15.8 Å². The lowest BCUT2D eigenvalue weighted by Gasteiger charge is -2.16. The summed E-state index contributed by atoms with van der Waals surface area (Å²) in [5.41, 5.74) is 9.13. The lowest BCUT2D eigenvalue weighted by atomic mass is 10.1. The van der Waals surface area contributed by atoms with E-state index < -0.39 is 0 Å². The van der Waals surface area contributed by atoms with Crippen molar-refractivity contribution in [2.75, 3.05) is 25.2 Å². The van der Waals surface area contributed by atoms with Gasteiger partial charge in [0.2, 0.25) is 11.9 Å². The van der Waals surface area contributed by atoms with E-state index in [1.165, 1.54) is 11.1 Å². The number of benzene rings is 2. The van der Waals surface area contributed by atoms with E-state index in [0.29, 0.717) is 24.1 Å². The first-order valence-corrected chi connectivity index (χ1v) is 8.68. The largest absolute Gasteiger partial charge is 0.495 e. The molecule has 27 heavy (non-hydrogen) atoms. The van der Waals surface area contributed by atoms with Gasteiger partial charge in [-0.2, -0.15) is 15.0 Å². The summed E-state index contributed by atoms with van der Waals surface area (Å²) >= 11 is 0. The van der Waals surface area contributed by atoms with Gasteiger partial charge in [0.15, 0.2) is 0 Å². The molecule has 3 rings (SSSR count). The molecule has 0 fully saturated rings. The first kappa shape index (κ1) is 18.6. The fraction of sp³-hybridized carbons (Fsp3) is 0.250. The molecule has 0 radical (unpaired) electrons. The Balaban J connectivity index is 1.72. The quantitative estimate of drug-likeness (QED) is 0.665. The normalized spacial score (nSPS) is 10.8. The Morgan fingerprint density at radius 1 is 1.00 bits per heavy atom. The van der Waals surface area contributed by atoms with Gasteiger partial charge in [-0.25, -0.2) is 0 Å². The summed E-state index contributed by atoms with van der Waals surface area (Å²) in [6.45, 7) is 3.43. The Morgan fingerprint density at radius 2 is 1.74 bits per heavy atom. The standard InChI is InChI=1S/C20H24N6O/c1-14-8-10-15(11-9-14)12-26(2)13-18-23-19(21)25-20(24-18)22-16-6-4-5-7-17(16)27-3/h4-11H,12-13H2,1-3H3,(H3,21,22,23,24,25). The summed E-state index contributed by atoms with van der Waals surface area (Å²) in [5, 5.41) is 3.15. The minimum absolute atomic E-state index is 0.182. The van der Waals surface area contributed by atoms with Crippen LogP contribution in [0.25, 0.3) is 0 Å². The SMILES string of the molecule is COc1ccccc1Nc1nc(N)nc(CN(C)Cc2ccc(C)cc2)n1. The average Bonchev–Trinajstić information content (AvgIpc) is 2.63. The van der Waals surface area contributed by atoms with Crippen LogP contribution in [0.2, 0.25) is 0 Å². The molecule has 0 bridgehead atoms. The second-order valence-electron chi connectivity index (χ2n) is 6.42. The van der Waals surface area contributed by atoms with Crippen molar-refractivity contribution < 1.29 is 4.74 Å². The maximum Gasteiger partial charge on any atom is 0.232 e. The average molecular weight is 364 g/mol. The van der Waals surface area contributed by atoms with Crippen LogP contribution in [-0.4, -0.2) is 34.0 Å². The zero-order chi connectivity index (χ0) is 19.2. The van der Waals surface area contributed by atoms with Crippen LogP contribution in [0.4, 0.5) is 17.6 Å². The van der Waals surface area contributed by atoms with Gasteiger partial charge in [-0.3, -0.25) is 4.90 Å². The molecule has 140 valence electrons. The fourth-order valence-electron chi connectivity index (χ4n) is 2.74. The topological polar surface area (TPSA) is 89.2 Å². The van der Waals surface area contributed by atoms with Gasteiger partial charge in [0, 0.05) is 6.54 Å². The van der Waals surface area contributed by atoms with Gasteiger partial charge in [0.05, 0.1) is 19.3 Å². The number of nitrogens with two attached hydrogens (primary N) is 1. The predicted molar refractivity (Wildman–Crippen MR) is 107 cm³/mol. The molecule has 1 aromatic heterocycles. The maximum atomic E-state index is 5.88. The number of ether oxygens (including phenoxy) is 1. The highest BCUT2D eigenvalue weighted by atomic mass is 16.5. The molecule has 0 saturated carbocycles. The van der Waals surface area contributed by atoms with Gasteiger partial charge in [-0.05, 0) is 31.7 Å². The first-order chi connectivity index (χ1) is 13.0. The Kier molecular flexibility index (Phi) is 5.83. The fourth-order valence-corrected chi connectivity index (χ4v) is 2.74. The number of methoxy groups -OCH3 is 1. The van der Waals surface area contributed by atoms with Crippen molar-refractivity contribution in [2.24, 2.45) is 0 Å². The third kappa shape index (κ3) is 5.15. The molecule has 7 nitrogen and oxygen atoms in total. The van der Waals surface area contributed by atoms with Crippen molar-refractivity contribution in [1.82, 2.24) is 19.9 Å². The minimum Gasteiger partial charge on any atom is -0.495 e. The molecule has 0 amide bonds. The number of hydrogen-bond acceptors (Lipinski definition) is 7. The number of anilines is 3.